The fraction of sp³-hybridized carbons (Fsp3) is 0.385. The molecule has 0 heterocycles. The van der Waals surface area contributed by atoms with E-state index < -0.39 is 5.41 Å². The molecule has 3 nitrogen and oxygen atoms in total. The Morgan fingerprint density at radius 3 is 2.53 bits per heavy atom. The predicted molar refractivity (Wildman–Crippen MR) is 75.0 cm³/mol. The number of para-hydroxylation sites is 1. The van der Waals surface area contributed by atoms with E-state index in [9.17, 15) is 4.79 Å². The Morgan fingerprint density at radius 1 is 1.41 bits per heavy atom. The van der Waals surface area contributed by atoms with E-state index in [2.05, 4.69) is 5.32 Å². The first-order valence-corrected chi connectivity index (χ1v) is 5.99. The summed E-state index contributed by atoms with van der Waals surface area (Å²) in [7, 11) is 0. The Balaban J connectivity index is 2.92. The highest BCUT2D eigenvalue weighted by molar-refractivity contribution is 7.80. The van der Waals surface area contributed by atoms with Crippen LogP contribution in [0.25, 0.3) is 0 Å². The monoisotopic (exact) mass is 250 g/mol. The summed E-state index contributed by atoms with van der Waals surface area (Å²) in [5.41, 5.74) is 6.65. The number of carbonyl (C=O) groups excluding carboxylic acids is 1. The average molecular weight is 250 g/mol. The van der Waals surface area contributed by atoms with Crippen LogP contribution in [-0.4, -0.2) is 10.9 Å². The number of carbonyl (C=O) groups is 1. The molecule has 0 aromatic heterocycles. The molecular formula is C13H18N2OS. The van der Waals surface area contributed by atoms with E-state index >= 15 is 0 Å². The Bertz CT molecular complexity index is 441. The van der Waals surface area contributed by atoms with E-state index in [4.69, 9.17) is 18.0 Å². The van der Waals surface area contributed by atoms with Crippen molar-refractivity contribution in [3.63, 3.8) is 0 Å². The SMILES string of the molecule is CCc1ccccc1NC(=O)C(C)(C)C(N)=S. The van der Waals surface area contributed by atoms with Gasteiger partial charge in [0.1, 0.15) is 0 Å². The third kappa shape index (κ3) is 3.03. The zero-order chi connectivity index (χ0) is 13.1. The lowest BCUT2D eigenvalue weighted by molar-refractivity contribution is -0.121. The lowest BCUT2D eigenvalue weighted by Gasteiger charge is -2.22. The molecular weight excluding hydrogens is 232 g/mol. The summed E-state index contributed by atoms with van der Waals surface area (Å²) in [6, 6.07) is 7.71. The number of nitrogens with two attached hydrogens (primary N) is 1. The van der Waals surface area contributed by atoms with Crippen LogP contribution in [0.3, 0.4) is 0 Å². The van der Waals surface area contributed by atoms with Crippen molar-refractivity contribution in [2.75, 3.05) is 5.32 Å². The third-order valence-electron chi connectivity index (χ3n) is 2.83. The van der Waals surface area contributed by atoms with E-state index in [-0.39, 0.29) is 10.9 Å². The smallest absolute Gasteiger partial charge is 0.236 e. The Labute approximate surface area is 107 Å². The maximum atomic E-state index is 12.1. The lowest BCUT2D eigenvalue weighted by Crippen LogP contribution is -2.41. The predicted octanol–water partition coefficient (Wildman–Crippen LogP) is 2.50. The summed E-state index contributed by atoms with van der Waals surface area (Å²) >= 11 is 4.90. The van der Waals surface area contributed by atoms with Crippen molar-refractivity contribution in [3.05, 3.63) is 29.8 Å². The number of anilines is 1. The van der Waals surface area contributed by atoms with Gasteiger partial charge in [0.05, 0.1) is 10.4 Å². The second kappa shape index (κ2) is 5.27. The van der Waals surface area contributed by atoms with Gasteiger partial charge in [-0.1, -0.05) is 37.3 Å². The topological polar surface area (TPSA) is 55.1 Å². The lowest BCUT2D eigenvalue weighted by atomic mass is 9.92. The van der Waals surface area contributed by atoms with Crippen molar-refractivity contribution in [2.24, 2.45) is 11.1 Å². The largest absolute Gasteiger partial charge is 0.392 e. The number of hydrogen-bond donors (Lipinski definition) is 2. The van der Waals surface area contributed by atoms with Crippen molar-refractivity contribution < 1.29 is 4.79 Å². The molecule has 17 heavy (non-hydrogen) atoms. The molecule has 0 bridgehead atoms. The molecule has 0 saturated carbocycles. The second-order valence-electron chi connectivity index (χ2n) is 4.45. The van der Waals surface area contributed by atoms with E-state index in [1.807, 2.05) is 31.2 Å². The van der Waals surface area contributed by atoms with Crippen LogP contribution in [0, 0.1) is 5.41 Å². The van der Waals surface area contributed by atoms with Crippen LogP contribution >= 0.6 is 12.2 Å². The van der Waals surface area contributed by atoms with Crippen LogP contribution in [0.5, 0.6) is 0 Å². The highest BCUT2D eigenvalue weighted by Gasteiger charge is 2.31. The van der Waals surface area contributed by atoms with Crippen LogP contribution in [0.1, 0.15) is 26.3 Å². The van der Waals surface area contributed by atoms with E-state index in [1.165, 1.54) is 0 Å². The molecule has 0 aliphatic carbocycles. The van der Waals surface area contributed by atoms with E-state index in [0.717, 1.165) is 17.7 Å². The summed E-state index contributed by atoms with van der Waals surface area (Å²) in [5, 5.41) is 2.88. The molecule has 0 aliphatic rings. The van der Waals surface area contributed by atoms with Crippen LogP contribution in [0.2, 0.25) is 0 Å². The normalized spacial score (nSPS) is 11.0. The summed E-state index contributed by atoms with van der Waals surface area (Å²) in [6.45, 7) is 5.49. The number of benzene rings is 1. The number of aryl methyl sites for hydroxylation is 1. The Kier molecular flexibility index (Phi) is 4.23. The van der Waals surface area contributed by atoms with Crippen molar-refractivity contribution >= 4 is 28.8 Å². The molecule has 0 radical (unpaired) electrons. The fourth-order valence-corrected chi connectivity index (χ4v) is 1.43. The Morgan fingerprint density at radius 2 is 2.00 bits per heavy atom. The molecule has 0 atom stereocenters. The van der Waals surface area contributed by atoms with Crippen molar-refractivity contribution in [1.82, 2.24) is 0 Å². The highest BCUT2D eigenvalue weighted by Crippen LogP contribution is 2.21. The van der Waals surface area contributed by atoms with Gasteiger partial charge in [-0.05, 0) is 31.9 Å². The molecule has 0 unspecified atom stereocenters. The number of thiocarbonyl (C=S) groups is 1. The molecule has 0 saturated heterocycles. The maximum absolute atomic E-state index is 12.1. The maximum Gasteiger partial charge on any atom is 0.236 e. The molecule has 0 spiro atoms. The van der Waals surface area contributed by atoms with Crippen molar-refractivity contribution in [3.8, 4) is 0 Å². The van der Waals surface area contributed by atoms with Crippen molar-refractivity contribution in [2.45, 2.75) is 27.2 Å². The average Bonchev–Trinajstić information content (AvgIpc) is 2.29. The van der Waals surface area contributed by atoms with E-state index in [1.54, 1.807) is 13.8 Å². The quantitative estimate of drug-likeness (QED) is 0.807. The van der Waals surface area contributed by atoms with Gasteiger partial charge in [-0.3, -0.25) is 4.79 Å². The van der Waals surface area contributed by atoms with E-state index in [0.29, 0.717) is 0 Å². The summed E-state index contributed by atoms with van der Waals surface area (Å²) in [4.78, 5) is 12.3. The van der Waals surface area contributed by atoms with Gasteiger partial charge >= 0.3 is 0 Å². The first-order chi connectivity index (χ1) is 7.89. The summed E-state index contributed by atoms with van der Waals surface area (Å²) in [6.07, 6.45) is 0.865. The molecule has 0 aliphatic heterocycles. The van der Waals surface area contributed by atoms with Crippen molar-refractivity contribution in [1.29, 1.82) is 0 Å². The molecule has 1 rings (SSSR count). The summed E-state index contributed by atoms with van der Waals surface area (Å²) in [5.74, 6) is -0.175. The number of rotatable bonds is 4. The number of amides is 1. The molecule has 0 fully saturated rings. The number of hydrogen-bond acceptors (Lipinski definition) is 2. The Hall–Kier alpha value is -1.42. The summed E-state index contributed by atoms with van der Waals surface area (Å²) < 4.78 is 0. The van der Waals surface area contributed by atoms with Crippen LogP contribution in [-0.2, 0) is 11.2 Å². The van der Waals surface area contributed by atoms with Crippen LogP contribution in [0.4, 0.5) is 5.69 Å². The standard InChI is InChI=1S/C13H18N2OS/c1-4-9-7-5-6-8-10(9)15-12(16)13(2,3)11(14)17/h5-8H,4H2,1-3H3,(H2,14,17)(H,15,16). The number of nitrogens with one attached hydrogen (secondary N) is 1. The van der Waals surface area contributed by atoms with Gasteiger partial charge in [-0.25, -0.2) is 0 Å². The molecule has 1 amide bonds. The van der Waals surface area contributed by atoms with Crippen LogP contribution < -0.4 is 11.1 Å². The van der Waals surface area contributed by atoms with Gasteiger partial charge in [0.15, 0.2) is 0 Å². The van der Waals surface area contributed by atoms with Gasteiger partial charge in [0, 0.05) is 5.69 Å². The van der Waals surface area contributed by atoms with Crippen LogP contribution in [0.15, 0.2) is 24.3 Å². The molecule has 4 heteroatoms. The first kappa shape index (κ1) is 13.6. The third-order valence-corrected chi connectivity index (χ3v) is 3.34. The molecule has 1 aromatic rings. The highest BCUT2D eigenvalue weighted by atomic mass is 32.1. The molecule has 1 aromatic carbocycles. The minimum atomic E-state index is -0.837. The molecule has 3 N–H and O–H groups in total. The van der Waals surface area contributed by atoms with Gasteiger partial charge in [-0.2, -0.15) is 0 Å². The minimum absolute atomic E-state index is 0.175. The van der Waals surface area contributed by atoms with Gasteiger partial charge in [0.2, 0.25) is 5.91 Å². The minimum Gasteiger partial charge on any atom is -0.392 e. The van der Waals surface area contributed by atoms with Gasteiger partial charge in [0.25, 0.3) is 0 Å². The molecule has 92 valence electrons. The van der Waals surface area contributed by atoms with Gasteiger partial charge in [-0.15, -0.1) is 0 Å². The van der Waals surface area contributed by atoms with Gasteiger partial charge < -0.3 is 11.1 Å². The first-order valence-electron chi connectivity index (χ1n) is 5.58. The second-order valence-corrected chi connectivity index (χ2v) is 4.89. The zero-order valence-electron chi connectivity index (χ0n) is 10.4. The zero-order valence-corrected chi connectivity index (χ0v) is 11.2. The fourth-order valence-electron chi connectivity index (χ4n) is 1.34.